The Kier molecular flexibility index (Phi) is 4.73. The largest absolute Gasteiger partial charge is 0.355 e. The molecule has 24 heavy (non-hydrogen) atoms. The van der Waals surface area contributed by atoms with Crippen LogP contribution in [0.4, 0.5) is 8.78 Å². The lowest BCUT2D eigenvalue weighted by atomic mass is 10.1. The molecule has 3 rings (SSSR count). The van der Waals surface area contributed by atoms with Gasteiger partial charge in [0.25, 0.3) is 12.3 Å². The summed E-state index contributed by atoms with van der Waals surface area (Å²) in [6.07, 6.45) is -2.52. The number of hydrogen-bond donors (Lipinski definition) is 2. The molecule has 5 nitrogen and oxygen atoms in total. The van der Waals surface area contributed by atoms with Crippen molar-refractivity contribution in [3.05, 3.63) is 38.9 Å². The molecule has 0 saturated heterocycles. The second-order valence-corrected chi connectivity index (χ2v) is 6.83. The van der Waals surface area contributed by atoms with Crippen LogP contribution in [-0.2, 0) is 6.54 Å². The fourth-order valence-corrected chi connectivity index (χ4v) is 3.42. The van der Waals surface area contributed by atoms with E-state index in [1.807, 2.05) is 6.07 Å². The van der Waals surface area contributed by atoms with E-state index in [0.717, 1.165) is 9.86 Å². The van der Waals surface area contributed by atoms with E-state index in [4.69, 9.17) is 0 Å². The lowest BCUT2D eigenvalue weighted by Crippen LogP contribution is -2.18. The van der Waals surface area contributed by atoms with Crippen LogP contribution in [0.5, 0.6) is 0 Å². The maximum absolute atomic E-state index is 12.8. The van der Waals surface area contributed by atoms with Crippen molar-refractivity contribution >= 4 is 48.7 Å². The Morgan fingerprint density at radius 1 is 1.33 bits per heavy atom. The topological polar surface area (TPSA) is 62.7 Å². The molecule has 126 valence electrons. The summed E-state index contributed by atoms with van der Waals surface area (Å²) in [5, 5.41) is 7.41. The molecule has 0 unspecified atom stereocenters. The van der Waals surface area contributed by atoms with E-state index >= 15 is 0 Å². The number of aromatic nitrogens is 3. The van der Waals surface area contributed by atoms with Crippen LogP contribution < -0.4 is 5.32 Å². The Bertz CT molecular complexity index is 920. The minimum Gasteiger partial charge on any atom is -0.355 e. The Morgan fingerprint density at radius 3 is 2.75 bits per heavy atom. The van der Waals surface area contributed by atoms with Crippen LogP contribution in [0.15, 0.2) is 33.3 Å². The molecule has 0 saturated carbocycles. The van der Waals surface area contributed by atoms with E-state index in [1.165, 1.54) is 4.68 Å². The molecule has 0 bridgehead atoms. The number of alkyl halides is 2. The SMILES string of the molecule is CNC(=O)c1cc(Br)cc2cc(-c3cc(Br)nn3CC(F)F)[nH]c12. The summed E-state index contributed by atoms with van der Waals surface area (Å²) in [5.74, 6) is -0.239. The van der Waals surface area contributed by atoms with Gasteiger partial charge in [0.2, 0.25) is 0 Å². The summed E-state index contributed by atoms with van der Waals surface area (Å²) in [4.78, 5) is 15.2. The maximum Gasteiger partial charge on any atom is 0.257 e. The average molecular weight is 462 g/mol. The van der Waals surface area contributed by atoms with Gasteiger partial charge in [-0.2, -0.15) is 5.10 Å². The van der Waals surface area contributed by atoms with Crippen molar-refractivity contribution in [2.24, 2.45) is 0 Å². The van der Waals surface area contributed by atoms with Crippen LogP contribution >= 0.6 is 31.9 Å². The second kappa shape index (κ2) is 6.64. The highest BCUT2D eigenvalue weighted by Gasteiger charge is 2.17. The molecule has 9 heteroatoms. The zero-order valence-corrected chi connectivity index (χ0v) is 15.6. The number of nitrogens with zero attached hydrogens (tertiary/aromatic N) is 2. The lowest BCUT2D eigenvalue weighted by molar-refractivity contribution is 0.0964. The number of aromatic amines is 1. The van der Waals surface area contributed by atoms with Gasteiger partial charge in [0.1, 0.15) is 11.1 Å². The van der Waals surface area contributed by atoms with Crippen LogP contribution in [0.2, 0.25) is 0 Å². The van der Waals surface area contributed by atoms with Crippen molar-refractivity contribution in [2.75, 3.05) is 7.05 Å². The Morgan fingerprint density at radius 2 is 2.08 bits per heavy atom. The first kappa shape index (κ1) is 17.1. The molecule has 0 atom stereocenters. The molecule has 0 aliphatic heterocycles. The number of halogens is 4. The quantitative estimate of drug-likeness (QED) is 0.612. The van der Waals surface area contributed by atoms with E-state index in [0.29, 0.717) is 27.1 Å². The molecule has 2 aromatic heterocycles. The molecule has 2 N–H and O–H groups in total. The Hall–Kier alpha value is -1.74. The summed E-state index contributed by atoms with van der Waals surface area (Å²) in [6.45, 7) is -0.512. The second-order valence-electron chi connectivity index (χ2n) is 5.11. The summed E-state index contributed by atoms with van der Waals surface area (Å²) in [5.41, 5.74) is 2.21. The van der Waals surface area contributed by atoms with Crippen molar-refractivity contribution in [3.63, 3.8) is 0 Å². The third-order valence-corrected chi connectivity index (χ3v) is 4.35. The summed E-state index contributed by atoms with van der Waals surface area (Å²) in [6, 6.07) is 7.01. The Labute approximate surface area is 152 Å². The van der Waals surface area contributed by atoms with E-state index in [-0.39, 0.29) is 5.91 Å². The van der Waals surface area contributed by atoms with Gasteiger partial charge in [-0.3, -0.25) is 9.48 Å². The first-order chi connectivity index (χ1) is 11.4. The predicted octanol–water partition coefficient (Wildman–Crippen LogP) is 4.18. The Balaban J connectivity index is 2.17. The number of hydrogen-bond acceptors (Lipinski definition) is 2. The highest BCUT2D eigenvalue weighted by Crippen LogP contribution is 2.30. The molecule has 3 aromatic rings. The van der Waals surface area contributed by atoms with Crippen LogP contribution in [0.1, 0.15) is 10.4 Å². The van der Waals surface area contributed by atoms with Gasteiger partial charge in [0.05, 0.1) is 22.5 Å². The van der Waals surface area contributed by atoms with Gasteiger partial charge in [-0.25, -0.2) is 8.78 Å². The van der Waals surface area contributed by atoms with E-state index in [1.54, 1.807) is 25.2 Å². The maximum atomic E-state index is 12.8. The normalized spacial score (nSPS) is 11.4. The van der Waals surface area contributed by atoms with E-state index in [9.17, 15) is 13.6 Å². The number of carbonyl (C=O) groups excluding carboxylic acids is 1. The number of fused-ring (bicyclic) bond motifs is 1. The third kappa shape index (κ3) is 3.23. The zero-order chi connectivity index (χ0) is 17.4. The number of nitrogens with one attached hydrogen (secondary N) is 2. The van der Waals surface area contributed by atoms with Gasteiger partial charge < -0.3 is 10.3 Å². The molecule has 0 radical (unpaired) electrons. The monoisotopic (exact) mass is 460 g/mol. The molecule has 1 amide bonds. The highest BCUT2D eigenvalue weighted by atomic mass is 79.9. The number of H-pyrrole nitrogens is 1. The van der Waals surface area contributed by atoms with Crippen molar-refractivity contribution in [3.8, 4) is 11.4 Å². The van der Waals surface area contributed by atoms with Crippen LogP contribution in [-0.4, -0.2) is 34.1 Å². The van der Waals surface area contributed by atoms with Crippen molar-refractivity contribution < 1.29 is 13.6 Å². The van der Waals surface area contributed by atoms with Gasteiger partial charge in [-0.15, -0.1) is 0 Å². The van der Waals surface area contributed by atoms with Crippen LogP contribution in [0.25, 0.3) is 22.3 Å². The van der Waals surface area contributed by atoms with Gasteiger partial charge in [0, 0.05) is 23.0 Å². The van der Waals surface area contributed by atoms with Crippen LogP contribution in [0.3, 0.4) is 0 Å². The van der Waals surface area contributed by atoms with Crippen molar-refractivity contribution in [1.82, 2.24) is 20.1 Å². The number of benzene rings is 1. The summed E-state index contributed by atoms with van der Waals surface area (Å²) >= 11 is 6.59. The minimum absolute atomic E-state index is 0.239. The fourth-order valence-electron chi connectivity index (χ4n) is 2.53. The standard InChI is InChI=1S/C15H12Br2F2N4O/c1-20-15(24)9-4-8(16)2-7-3-10(21-14(7)9)11-5-12(17)22-23(11)6-13(18)19/h2-5,13,21H,6H2,1H3,(H,20,24). The number of amides is 1. The van der Waals surface area contributed by atoms with Crippen molar-refractivity contribution in [1.29, 1.82) is 0 Å². The molecular weight excluding hydrogens is 450 g/mol. The summed E-state index contributed by atoms with van der Waals surface area (Å²) in [7, 11) is 1.55. The van der Waals surface area contributed by atoms with Gasteiger partial charge >= 0.3 is 0 Å². The predicted molar refractivity (Wildman–Crippen MR) is 94.3 cm³/mol. The lowest BCUT2D eigenvalue weighted by Gasteiger charge is -2.05. The zero-order valence-electron chi connectivity index (χ0n) is 12.4. The third-order valence-electron chi connectivity index (χ3n) is 3.50. The van der Waals surface area contributed by atoms with E-state index in [2.05, 4.69) is 47.3 Å². The van der Waals surface area contributed by atoms with Crippen LogP contribution in [0, 0.1) is 0 Å². The van der Waals surface area contributed by atoms with Gasteiger partial charge in [-0.1, -0.05) is 15.9 Å². The van der Waals surface area contributed by atoms with Gasteiger partial charge in [0.15, 0.2) is 0 Å². The molecular formula is C15H12Br2F2N4O. The molecule has 0 aliphatic carbocycles. The number of carbonyl (C=O) groups is 1. The smallest absolute Gasteiger partial charge is 0.257 e. The first-order valence-corrected chi connectivity index (χ1v) is 8.54. The molecule has 0 spiro atoms. The first-order valence-electron chi connectivity index (χ1n) is 6.95. The molecule has 2 heterocycles. The van der Waals surface area contributed by atoms with Crippen molar-refractivity contribution in [2.45, 2.75) is 13.0 Å². The molecule has 1 aromatic carbocycles. The minimum atomic E-state index is -2.52. The highest BCUT2D eigenvalue weighted by molar-refractivity contribution is 9.10. The molecule has 0 aliphatic rings. The van der Waals surface area contributed by atoms with E-state index < -0.39 is 13.0 Å². The summed E-state index contributed by atoms with van der Waals surface area (Å²) < 4.78 is 28.0. The molecule has 0 fully saturated rings. The fraction of sp³-hybridized carbons (Fsp3) is 0.200. The van der Waals surface area contributed by atoms with Gasteiger partial charge in [-0.05, 0) is 34.1 Å². The average Bonchev–Trinajstić information content (AvgIpc) is 3.08. The number of rotatable bonds is 4.